The van der Waals surface area contributed by atoms with Crippen LogP contribution in [0.25, 0.3) is 0 Å². The van der Waals surface area contributed by atoms with Gasteiger partial charge in [0.1, 0.15) is 71.9 Å². The third-order valence-electron chi connectivity index (χ3n) is 21.5. The Morgan fingerprint density at radius 1 is 0.647 bits per heavy atom. The summed E-state index contributed by atoms with van der Waals surface area (Å²) in [4.78, 5) is 26.9. The number of methoxy groups -OCH3 is 4. The number of ether oxygens (including phenoxy) is 15. The highest BCUT2D eigenvalue weighted by Gasteiger charge is 2.77. The van der Waals surface area contributed by atoms with Gasteiger partial charge in [-0.25, -0.2) is 4.79 Å². The number of esters is 1. The highest BCUT2D eigenvalue weighted by Crippen LogP contribution is 2.70. The number of aliphatic hydroxyl groups excluding tert-OH is 4. The molecule has 29 unspecified atom stereocenters. The van der Waals surface area contributed by atoms with Crippen LogP contribution in [0.2, 0.25) is 0 Å². The molecule has 0 aromatic rings. The molecule has 85 heavy (non-hydrogen) atoms. The number of hydrogen-bond acceptors (Lipinski definition) is 23. The van der Waals surface area contributed by atoms with Crippen LogP contribution in [0.1, 0.15) is 140 Å². The maximum Gasteiger partial charge on any atom is 0.330 e. The lowest BCUT2D eigenvalue weighted by Crippen LogP contribution is -2.75. The molecular formula is C62H100O23. The predicted molar refractivity (Wildman–Crippen MR) is 300 cm³/mol. The van der Waals surface area contributed by atoms with Gasteiger partial charge in [-0.15, -0.1) is 0 Å². The van der Waals surface area contributed by atoms with Gasteiger partial charge in [-0.2, -0.15) is 0 Å². The average molecular weight is 1210 g/mol. The molecule has 486 valence electrons. The molecule has 9 rings (SSSR count). The smallest absolute Gasteiger partial charge is 0.330 e. The molecule has 5 saturated heterocycles. The fourth-order valence-corrected chi connectivity index (χ4v) is 16.2. The number of Topliss-reactive ketones (excluding diaryl/α,β-unsaturated/α-hetero) is 1. The molecule has 0 aromatic carbocycles. The molecule has 8 fully saturated rings. The molecule has 23 heteroatoms. The second-order valence-electron chi connectivity index (χ2n) is 26.6. The van der Waals surface area contributed by atoms with Crippen LogP contribution in [0.4, 0.5) is 0 Å². The van der Waals surface area contributed by atoms with E-state index in [1.807, 2.05) is 48.5 Å². The molecule has 0 aromatic heterocycles. The summed E-state index contributed by atoms with van der Waals surface area (Å²) in [5.74, 6) is -1.49. The van der Waals surface area contributed by atoms with E-state index >= 15 is 0 Å². The Hall–Kier alpha value is -2.18. The van der Waals surface area contributed by atoms with Crippen molar-refractivity contribution in [3.05, 3.63) is 23.3 Å². The largest absolute Gasteiger partial charge is 0.458 e. The van der Waals surface area contributed by atoms with Crippen molar-refractivity contribution < 1.29 is 111 Å². The summed E-state index contributed by atoms with van der Waals surface area (Å²) < 4.78 is 94.5. The van der Waals surface area contributed by atoms with Crippen LogP contribution in [-0.2, 0) is 80.6 Å². The van der Waals surface area contributed by atoms with E-state index in [1.54, 1.807) is 28.3 Å². The van der Waals surface area contributed by atoms with E-state index in [-0.39, 0.29) is 37.1 Å². The van der Waals surface area contributed by atoms with Crippen molar-refractivity contribution in [2.45, 2.75) is 292 Å². The van der Waals surface area contributed by atoms with Gasteiger partial charge < -0.3 is 102 Å². The number of carbonyl (C=O) groups excluding carboxylic acids is 2. The summed E-state index contributed by atoms with van der Waals surface area (Å²) in [7, 11) is 6.38. The second kappa shape index (κ2) is 27.0. The van der Waals surface area contributed by atoms with Gasteiger partial charge in [0, 0.05) is 77.4 Å². The number of aliphatic hydroxyl groups is 6. The van der Waals surface area contributed by atoms with Gasteiger partial charge >= 0.3 is 5.97 Å². The fraction of sp³-hybridized carbons (Fsp3) is 0.903. The van der Waals surface area contributed by atoms with Crippen molar-refractivity contribution >= 4 is 11.8 Å². The van der Waals surface area contributed by atoms with Crippen LogP contribution < -0.4 is 0 Å². The quantitative estimate of drug-likeness (QED) is 0.0608. The third-order valence-corrected chi connectivity index (χ3v) is 21.5. The number of carbonyl (C=O) groups is 2. The number of allylic oxidation sites excluding steroid dienone is 1. The first-order chi connectivity index (χ1) is 40.2. The monoisotopic (exact) mass is 1210 g/mol. The lowest BCUT2D eigenvalue weighted by atomic mass is 9.43. The second-order valence-corrected chi connectivity index (χ2v) is 26.6. The Morgan fingerprint density at radius 2 is 1.12 bits per heavy atom. The first-order valence-electron chi connectivity index (χ1n) is 31.0. The summed E-state index contributed by atoms with van der Waals surface area (Å²) in [6.45, 7) is 18.3. The zero-order valence-electron chi connectivity index (χ0n) is 52.3. The van der Waals surface area contributed by atoms with E-state index in [2.05, 4.69) is 13.0 Å². The van der Waals surface area contributed by atoms with E-state index in [0.29, 0.717) is 51.4 Å². The molecule has 4 aliphatic carbocycles. The Labute approximate surface area is 500 Å². The van der Waals surface area contributed by atoms with Crippen molar-refractivity contribution in [1.29, 1.82) is 0 Å². The van der Waals surface area contributed by atoms with Crippen molar-refractivity contribution in [2.75, 3.05) is 35.0 Å². The van der Waals surface area contributed by atoms with E-state index in [0.717, 1.165) is 11.1 Å². The zero-order chi connectivity index (χ0) is 61.8. The van der Waals surface area contributed by atoms with Crippen LogP contribution in [0.5, 0.6) is 0 Å². The molecule has 0 spiro atoms. The van der Waals surface area contributed by atoms with Crippen LogP contribution in [0.3, 0.4) is 0 Å². The van der Waals surface area contributed by atoms with Crippen molar-refractivity contribution in [1.82, 2.24) is 0 Å². The summed E-state index contributed by atoms with van der Waals surface area (Å²) in [5.41, 5.74) is -2.98. The molecule has 0 radical (unpaired) electrons. The van der Waals surface area contributed by atoms with E-state index in [4.69, 9.17) is 71.1 Å². The fourth-order valence-electron chi connectivity index (χ4n) is 16.2. The Kier molecular flexibility index (Phi) is 21.3. The van der Waals surface area contributed by atoms with E-state index in [9.17, 15) is 40.2 Å². The van der Waals surface area contributed by atoms with Crippen LogP contribution in [-0.4, -0.2) is 230 Å². The standard InChI is InChI=1S/C62H100O23/c1-29(2)30(3)21-46(65)81-45-27-44-59(9)18-16-37(22-36(59)15-19-61(44,69)62(70)20-17-38(31(4)64)60(45,62)10)79-47-23-39(71-11)54(32(5)75-47)82-48-24-40(72-12)55(33(6)76-48)83-49-25-41(73-13)56(34(7)77-49)84-50-26-42(74-14)57(35(8)78-50)85-58-53(68)52(67)51(66)43(28-63)80-58/h15,21,29,32-35,37-45,47-58,63,66-70H,16-20,22-28H2,1-14H3. The van der Waals surface area contributed by atoms with Gasteiger partial charge in [0.25, 0.3) is 0 Å². The summed E-state index contributed by atoms with van der Waals surface area (Å²) in [6.07, 6.45) is -9.60. The van der Waals surface area contributed by atoms with E-state index < -0.39 is 182 Å². The Morgan fingerprint density at radius 3 is 1.56 bits per heavy atom. The topological polar surface area (TPSA) is 294 Å². The molecule has 6 N–H and O–H groups in total. The molecular weight excluding hydrogens is 1110 g/mol. The molecule has 0 amide bonds. The summed E-state index contributed by atoms with van der Waals surface area (Å²) in [6, 6.07) is 0. The number of hydrogen-bond donors (Lipinski definition) is 6. The van der Waals surface area contributed by atoms with E-state index in [1.165, 1.54) is 20.1 Å². The average Bonchev–Trinajstić information content (AvgIpc) is 1.65. The molecule has 9 aliphatic rings. The summed E-state index contributed by atoms with van der Waals surface area (Å²) >= 11 is 0. The Balaban J connectivity index is 0.773. The third kappa shape index (κ3) is 12.8. The normalized spacial score (nSPS) is 49.5. The highest BCUT2D eigenvalue weighted by molar-refractivity contribution is 5.83. The minimum absolute atomic E-state index is 0.0852. The zero-order valence-corrected chi connectivity index (χ0v) is 52.3. The molecule has 5 aliphatic heterocycles. The number of ketones is 1. The Bertz CT molecular complexity index is 2340. The number of fused-ring (bicyclic) bond motifs is 5. The minimum atomic E-state index is -1.68. The molecule has 3 saturated carbocycles. The van der Waals surface area contributed by atoms with Gasteiger partial charge in [0.05, 0.1) is 61.5 Å². The van der Waals surface area contributed by atoms with Crippen molar-refractivity contribution in [2.24, 2.45) is 28.6 Å². The summed E-state index contributed by atoms with van der Waals surface area (Å²) in [5, 5.41) is 66.9. The first kappa shape index (κ1) is 67.2. The van der Waals surface area contributed by atoms with Crippen LogP contribution in [0.15, 0.2) is 23.3 Å². The molecule has 23 nitrogen and oxygen atoms in total. The lowest BCUT2D eigenvalue weighted by molar-refractivity contribution is -0.358. The lowest BCUT2D eigenvalue weighted by Gasteiger charge is -2.66. The maximum absolute atomic E-state index is 13.6. The van der Waals surface area contributed by atoms with Gasteiger partial charge in [-0.1, -0.05) is 44.9 Å². The minimum Gasteiger partial charge on any atom is -0.458 e. The highest BCUT2D eigenvalue weighted by atomic mass is 16.8. The molecule has 29 atom stereocenters. The van der Waals surface area contributed by atoms with Gasteiger partial charge in [0.15, 0.2) is 31.5 Å². The number of rotatable bonds is 19. The molecule has 0 bridgehead atoms. The predicted octanol–water partition coefficient (Wildman–Crippen LogP) is 3.83. The maximum atomic E-state index is 13.6. The van der Waals surface area contributed by atoms with Gasteiger partial charge in [0.2, 0.25) is 0 Å². The van der Waals surface area contributed by atoms with Crippen molar-refractivity contribution in [3.8, 4) is 0 Å². The van der Waals surface area contributed by atoms with Gasteiger partial charge in [-0.3, -0.25) is 4.79 Å². The molecule has 5 heterocycles. The van der Waals surface area contributed by atoms with Crippen LogP contribution >= 0.6 is 0 Å². The SMILES string of the molecule is COC1CC(OC2CCC3(C)C(=CCC4(O)C3CC(OC(=O)C=C(C)C(C)C)C3(C)C(C(C)=O)CCC43O)C2)OC(C)C1OC1CC(OC)C(OC2CC(OC)C(OC3CC(OC)C(OC4OC(CO)C(O)C(O)C4O)C(C)O3)C(C)O2)C(C)O1. The van der Waals surface area contributed by atoms with Gasteiger partial charge in [-0.05, 0) is 97.8 Å². The van der Waals surface area contributed by atoms with Crippen molar-refractivity contribution in [3.63, 3.8) is 0 Å². The van der Waals surface area contributed by atoms with Crippen LogP contribution in [0, 0.1) is 28.6 Å². The first-order valence-corrected chi connectivity index (χ1v) is 31.0.